The van der Waals surface area contributed by atoms with Gasteiger partial charge in [0.15, 0.2) is 0 Å². The lowest BCUT2D eigenvalue weighted by molar-refractivity contribution is 0.00386. The van der Waals surface area contributed by atoms with E-state index < -0.39 is 0 Å². The van der Waals surface area contributed by atoms with Gasteiger partial charge in [-0.2, -0.15) is 0 Å². The number of nitrogens with zero attached hydrogens (tertiary/aromatic N) is 1. The molecular formula is C13H26N2O. The van der Waals surface area contributed by atoms with Gasteiger partial charge < -0.3 is 15.0 Å². The highest BCUT2D eigenvalue weighted by atomic mass is 16.5. The summed E-state index contributed by atoms with van der Waals surface area (Å²) in [6, 6.07) is 0.709. The summed E-state index contributed by atoms with van der Waals surface area (Å²) >= 11 is 0. The van der Waals surface area contributed by atoms with Gasteiger partial charge in [0.2, 0.25) is 0 Å². The van der Waals surface area contributed by atoms with Crippen molar-refractivity contribution in [2.24, 2.45) is 0 Å². The monoisotopic (exact) mass is 226 g/mol. The standard InChI is InChI=1S/C13H26N2O/c1-14-12-5-4-8-15(11-12)9-7-13-6-2-3-10-16-13/h12-14H,2-11H2,1H3. The Bertz CT molecular complexity index is 192. The number of nitrogens with one attached hydrogen (secondary N) is 1. The van der Waals surface area contributed by atoms with Gasteiger partial charge >= 0.3 is 0 Å². The maximum absolute atomic E-state index is 5.78. The molecule has 2 unspecified atom stereocenters. The van der Waals surface area contributed by atoms with Crippen LogP contribution >= 0.6 is 0 Å². The van der Waals surface area contributed by atoms with Crippen LogP contribution in [0.1, 0.15) is 38.5 Å². The van der Waals surface area contributed by atoms with Crippen LogP contribution in [0.25, 0.3) is 0 Å². The van der Waals surface area contributed by atoms with Gasteiger partial charge in [0.25, 0.3) is 0 Å². The molecule has 0 amide bonds. The molecule has 0 aliphatic carbocycles. The quantitative estimate of drug-likeness (QED) is 0.788. The smallest absolute Gasteiger partial charge is 0.0587 e. The van der Waals surface area contributed by atoms with Crippen molar-refractivity contribution >= 4 is 0 Å². The van der Waals surface area contributed by atoms with Gasteiger partial charge in [-0.3, -0.25) is 0 Å². The predicted octanol–water partition coefficient (Wildman–Crippen LogP) is 1.63. The molecule has 2 atom stereocenters. The molecule has 2 aliphatic rings. The van der Waals surface area contributed by atoms with E-state index in [0.29, 0.717) is 12.1 Å². The van der Waals surface area contributed by atoms with Crippen LogP contribution in [0, 0.1) is 0 Å². The minimum absolute atomic E-state index is 0.545. The SMILES string of the molecule is CNC1CCCN(CCC2CCCCO2)C1. The second-order valence-electron chi connectivity index (χ2n) is 5.21. The molecule has 0 aromatic heterocycles. The van der Waals surface area contributed by atoms with Crippen LogP contribution in [0.3, 0.4) is 0 Å². The van der Waals surface area contributed by atoms with Gasteiger partial charge in [0.05, 0.1) is 6.10 Å². The van der Waals surface area contributed by atoms with Crippen molar-refractivity contribution < 1.29 is 4.74 Å². The van der Waals surface area contributed by atoms with E-state index in [0.717, 1.165) is 6.61 Å². The fourth-order valence-electron chi connectivity index (χ4n) is 2.86. The van der Waals surface area contributed by atoms with Gasteiger partial charge in [0.1, 0.15) is 0 Å². The molecule has 2 rings (SSSR count). The lowest BCUT2D eigenvalue weighted by Crippen LogP contribution is -2.45. The Kier molecular flexibility index (Phi) is 5.07. The Hall–Kier alpha value is -0.120. The lowest BCUT2D eigenvalue weighted by Gasteiger charge is -2.33. The van der Waals surface area contributed by atoms with Gasteiger partial charge in [-0.1, -0.05) is 0 Å². The topological polar surface area (TPSA) is 24.5 Å². The first-order chi connectivity index (χ1) is 7.88. The average molecular weight is 226 g/mol. The first-order valence-electron chi connectivity index (χ1n) is 6.89. The van der Waals surface area contributed by atoms with Crippen LogP contribution in [0.4, 0.5) is 0 Å². The Morgan fingerprint density at radius 3 is 2.94 bits per heavy atom. The highest BCUT2D eigenvalue weighted by molar-refractivity contribution is 4.77. The molecule has 2 saturated heterocycles. The van der Waals surface area contributed by atoms with Crippen molar-refractivity contribution in [3.63, 3.8) is 0 Å². The van der Waals surface area contributed by atoms with E-state index in [-0.39, 0.29) is 0 Å². The summed E-state index contributed by atoms with van der Waals surface area (Å²) in [6.45, 7) is 4.72. The van der Waals surface area contributed by atoms with Crippen molar-refractivity contribution in [1.82, 2.24) is 10.2 Å². The average Bonchev–Trinajstić information content (AvgIpc) is 2.38. The second-order valence-corrected chi connectivity index (χ2v) is 5.21. The normalized spacial score (nSPS) is 32.8. The van der Waals surface area contributed by atoms with Gasteiger partial charge in [-0.15, -0.1) is 0 Å². The van der Waals surface area contributed by atoms with Crippen LogP contribution in [0.2, 0.25) is 0 Å². The number of hydrogen-bond acceptors (Lipinski definition) is 3. The molecule has 0 aromatic carbocycles. The molecule has 2 fully saturated rings. The summed E-state index contributed by atoms with van der Waals surface area (Å²) in [5.74, 6) is 0. The Morgan fingerprint density at radius 2 is 2.19 bits per heavy atom. The number of hydrogen-bond donors (Lipinski definition) is 1. The summed E-state index contributed by atoms with van der Waals surface area (Å²) in [5.41, 5.74) is 0. The second kappa shape index (κ2) is 6.58. The molecule has 0 saturated carbocycles. The number of likely N-dealkylation sites (tertiary alicyclic amines) is 1. The van der Waals surface area contributed by atoms with Crippen LogP contribution in [0.5, 0.6) is 0 Å². The molecule has 3 nitrogen and oxygen atoms in total. The van der Waals surface area contributed by atoms with Gasteiger partial charge in [0, 0.05) is 25.7 Å². The van der Waals surface area contributed by atoms with Crippen LogP contribution < -0.4 is 5.32 Å². The molecule has 0 spiro atoms. The van der Waals surface area contributed by atoms with Crippen molar-refractivity contribution in [3.8, 4) is 0 Å². The van der Waals surface area contributed by atoms with E-state index in [4.69, 9.17) is 4.74 Å². The molecule has 0 aromatic rings. The maximum atomic E-state index is 5.78. The third-order valence-electron chi connectivity index (χ3n) is 3.96. The maximum Gasteiger partial charge on any atom is 0.0587 e. The number of piperidine rings is 1. The minimum atomic E-state index is 0.545. The number of rotatable bonds is 4. The fourth-order valence-corrected chi connectivity index (χ4v) is 2.86. The summed E-state index contributed by atoms with van der Waals surface area (Å²) in [4.78, 5) is 2.60. The van der Waals surface area contributed by atoms with E-state index in [1.54, 1.807) is 0 Å². The number of ether oxygens (including phenoxy) is 1. The van der Waals surface area contributed by atoms with Crippen LogP contribution in [0.15, 0.2) is 0 Å². The zero-order chi connectivity index (χ0) is 11.2. The Balaban J connectivity index is 1.64. The van der Waals surface area contributed by atoms with Crippen molar-refractivity contribution in [2.45, 2.75) is 50.7 Å². The van der Waals surface area contributed by atoms with E-state index in [9.17, 15) is 0 Å². The zero-order valence-corrected chi connectivity index (χ0v) is 10.6. The molecule has 3 heteroatoms. The summed E-state index contributed by atoms with van der Waals surface area (Å²) in [7, 11) is 2.08. The Labute approximate surface area is 99.5 Å². The summed E-state index contributed by atoms with van der Waals surface area (Å²) in [5, 5.41) is 3.40. The third-order valence-corrected chi connectivity index (χ3v) is 3.96. The largest absolute Gasteiger partial charge is 0.378 e. The van der Waals surface area contributed by atoms with Crippen molar-refractivity contribution in [3.05, 3.63) is 0 Å². The first-order valence-corrected chi connectivity index (χ1v) is 6.89. The summed E-state index contributed by atoms with van der Waals surface area (Å²) in [6.07, 6.45) is 8.37. The van der Waals surface area contributed by atoms with Crippen LogP contribution in [-0.4, -0.2) is 50.3 Å². The third kappa shape index (κ3) is 3.72. The zero-order valence-electron chi connectivity index (χ0n) is 10.6. The van der Waals surface area contributed by atoms with Gasteiger partial charge in [-0.05, 0) is 52.1 Å². The summed E-state index contributed by atoms with van der Waals surface area (Å²) < 4.78 is 5.78. The minimum Gasteiger partial charge on any atom is -0.378 e. The van der Waals surface area contributed by atoms with Crippen molar-refractivity contribution in [2.75, 3.05) is 33.3 Å². The highest BCUT2D eigenvalue weighted by Gasteiger charge is 2.20. The molecule has 0 radical (unpaired) electrons. The fraction of sp³-hybridized carbons (Fsp3) is 1.00. The van der Waals surface area contributed by atoms with E-state index in [1.807, 2.05) is 0 Å². The van der Waals surface area contributed by atoms with Gasteiger partial charge in [-0.25, -0.2) is 0 Å². The molecule has 1 N–H and O–H groups in total. The van der Waals surface area contributed by atoms with Crippen LogP contribution in [-0.2, 0) is 4.74 Å². The van der Waals surface area contributed by atoms with E-state index in [1.165, 1.54) is 58.2 Å². The number of likely N-dealkylation sites (N-methyl/N-ethyl adjacent to an activating group) is 1. The molecular weight excluding hydrogens is 200 g/mol. The van der Waals surface area contributed by atoms with E-state index >= 15 is 0 Å². The van der Waals surface area contributed by atoms with Crippen molar-refractivity contribution in [1.29, 1.82) is 0 Å². The molecule has 0 bridgehead atoms. The first kappa shape index (κ1) is 12.3. The molecule has 94 valence electrons. The molecule has 16 heavy (non-hydrogen) atoms. The molecule has 2 aliphatic heterocycles. The Morgan fingerprint density at radius 1 is 1.25 bits per heavy atom. The van der Waals surface area contributed by atoms with E-state index in [2.05, 4.69) is 17.3 Å². The highest BCUT2D eigenvalue weighted by Crippen LogP contribution is 2.17. The lowest BCUT2D eigenvalue weighted by atomic mass is 10.0. The predicted molar refractivity (Wildman–Crippen MR) is 66.7 cm³/mol. The molecule has 2 heterocycles.